The third kappa shape index (κ3) is 68.7. The van der Waals surface area contributed by atoms with E-state index in [9.17, 15) is 14.4 Å². The van der Waals surface area contributed by atoms with Crippen LogP contribution in [0.1, 0.15) is 342 Å². The van der Waals surface area contributed by atoms with Crippen LogP contribution in [-0.4, -0.2) is 37.2 Å². The summed E-state index contributed by atoms with van der Waals surface area (Å²) in [5.74, 6) is -0.899. The first-order valence-corrected chi connectivity index (χ1v) is 35.4. The molecule has 83 heavy (non-hydrogen) atoms. The van der Waals surface area contributed by atoms with Gasteiger partial charge in [0.05, 0.1) is 0 Å². The number of allylic oxidation sites excluding steroid dienone is 18. The Morgan fingerprint density at radius 1 is 0.253 bits per heavy atom. The largest absolute Gasteiger partial charge is 0.462 e. The van der Waals surface area contributed by atoms with Crippen molar-refractivity contribution >= 4 is 17.9 Å². The van der Waals surface area contributed by atoms with Crippen LogP contribution in [0.5, 0.6) is 0 Å². The molecule has 0 amide bonds. The number of ether oxygens (including phenoxy) is 3. The van der Waals surface area contributed by atoms with Gasteiger partial charge in [-0.05, 0) is 89.9 Å². The number of carbonyl (C=O) groups is 3. The second-order valence-electron chi connectivity index (χ2n) is 23.4. The van der Waals surface area contributed by atoms with Crippen LogP contribution < -0.4 is 0 Å². The van der Waals surface area contributed by atoms with E-state index in [-0.39, 0.29) is 31.1 Å². The molecular formula is C77H132O6. The molecule has 0 aliphatic rings. The van der Waals surface area contributed by atoms with Gasteiger partial charge < -0.3 is 14.2 Å². The van der Waals surface area contributed by atoms with Crippen LogP contribution in [0.4, 0.5) is 0 Å². The zero-order chi connectivity index (χ0) is 59.9. The molecule has 0 N–H and O–H groups in total. The monoisotopic (exact) mass is 1150 g/mol. The predicted octanol–water partition coefficient (Wildman–Crippen LogP) is 24.6. The van der Waals surface area contributed by atoms with Crippen LogP contribution in [0.15, 0.2) is 109 Å². The predicted molar refractivity (Wildman–Crippen MR) is 362 cm³/mol. The quantitative estimate of drug-likeness (QED) is 0.0261. The van der Waals surface area contributed by atoms with Gasteiger partial charge >= 0.3 is 17.9 Å². The summed E-state index contributed by atoms with van der Waals surface area (Å²) >= 11 is 0. The number of hydrogen-bond acceptors (Lipinski definition) is 6. The molecule has 0 fully saturated rings. The molecule has 0 aromatic carbocycles. The first kappa shape index (κ1) is 79.1. The van der Waals surface area contributed by atoms with Gasteiger partial charge in [-0.15, -0.1) is 0 Å². The lowest BCUT2D eigenvalue weighted by atomic mass is 10.0. The molecule has 0 bridgehead atoms. The van der Waals surface area contributed by atoms with Crippen molar-refractivity contribution in [3.63, 3.8) is 0 Å². The summed E-state index contributed by atoms with van der Waals surface area (Å²) in [6.45, 7) is 6.49. The first-order chi connectivity index (χ1) is 41.0. The van der Waals surface area contributed by atoms with Crippen LogP contribution in [0.2, 0.25) is 0 Å². The topological polar surface area (TPSA) is 78.9 Å². The number of hydrogen-bond donors (Lipinski definition) is 0. The maximum absolute atomic E-state index is 12.9. The molecule has 0 spiro atoms. The van der Waals surface area contributed by atoms with Gasteiger partial charge in [0.2, 0.25) is 0 Å². The molecule has 0 saturated carbocycles. The highest BCUT2D eigenvalue weighted by Crippen LogP contribution is 2.18. The van der Waals surface area contributed by atoms with Crippen LogP contribution >= 0.6 is 0 Å². The second kappa shape index (κ2) is 70.6. The van der Waals surface area contributed by atoms with Crippen LogP contribution in [0.25, 0.3) is 0 Å². The van der Waals surface area contributed by atoms with Gasteiger partial charge in [0.1, 0.15) is 13.2 Å². The Labute approximate surface area is 514 Å². The molecule has 1 unspecified atom stereocenters. The molecule has 0 aliphatic heterocycles. The third-order valence-corrected chi connectivity index (χ3v) is 15.3. The van der Waals surface area contributed by atoms with Crippen molar-refractivity contribution in [1.82, 2.24) is 0 Å². The van der Waals surface area contributed by atoms with Gasteiger partial charge in [-0.25, -0.2) is 0 Å². The Morgan fingerprint density at radius 3 is 0.735 bits per heavy atom. The minimum Gasteiger partial charge on any atom is -0.462 e. The summed E-state index contributed by atoms with van der Waals surface area (Å²) in [7, 11) is 0. The molecule has 6 heteroatoms. The Morgan fingerprint density at radius 2 is 0.470 bits per heavy atom. The van der Waals surface area contributed by atoms with Gasteiger partial charge in [0.15, 0.2) is 6.10 Å². The van der Waals surface area contributed by atoms with E-state index in [1.54, 1.807) is 0 Å². The molecule has 0 radical (unpaired) electrons. The number of carbonyl (C=O) groups excluding carboxylic acids is 3. The van der Waals surface area contributed by atoms with Crippen molar-refractivity contribution in [3.8, 4) is 0 Å². The summed E-state index contributed by atoms with van der Waals surface area (Å²) < 4.78 is 16.8. The van der Waals surface area contributed by atoms with Gasteiger partial charge in [-0.1, -0.05) is 342 Å². The average molecular weight is 1150 g/mol. The van der Waals surface area contributed by atoms with Gasteiger partial charge in [-0.3, -0.25) is 14.4 Å². The summed E-state index contributed by atoms with van der Waals surface area (Å²) in [4.78, 5) is 38.1. The highest BCUT2D eigenvalue weighted by Gasteiger charge is 2.19. The van der Waals surface area contributed by atoms with Crippen molar-refractivity contribution in [2.24, 2.45) is 0 Å². The van der Waals surface area contributed by atoms with Crippen LogP contribution in [0.3, 0.4) is 0 Å². The van der Waals surface area contributed by atoms with E-state index in [1.165, 1.54) is 167 Å². The molecule has 0 saturated heterocycles. The molecule has 0 rings (SSSR count). The number of esters is 3. The zero-order valence-electron chi connectivity index (χ0n) is 54.7. The fourth-order valence-corrected chi connectivity index (χ4v) is 10.0. The van der Waals surface area contributed by atoms with E-state index < -0.39 is 6.10 Å². The van der Waals surface area contributed by atoms with Crippen LogP contribution in [0, 0.1) is 0 Å². The fourth-order valence-electron chi connectivity index (χ4n) is 10.0. The molecule has 476 valence electrons. The molecule has 0 aromatic rings. The van der Waals surface area contributed by atoms with Crippen LogP contribution in [-0.2, 0) is 28.6 Å². The van der Waals surface area contributed by atoms with Gasteiger partial charge in [0, 0.05) is 19.3 Å². The Bertz CT molecular complexity index is 1660. The lowest BCUT2D eigenvalue weighted by Crippen LogP contribution is -2.30. The van der Waals surface area contributed by atoms with Crippen molar-refractivity contribution in [1.29, 1.82) is 0 Å². The SMILES string of the molecule is CC/C=C\C/C=C\C/C=C\C/C=C\C/C=C\C/C=C\C/C=C\C/C=C\C/C=C\CCCCCCCC(=O)OCC(COC(=O)CCCCCCCC)OC(=O)CCCCCCCCCCCCCCCCCCCCCCCCCCCC. The van der Waals surface area contributed by atoms with E-state index >= 15 is 0 Å². The van der Waals surface area contributed by atoms with Gasteiger partial charge in [0.25, 0.3) is 0 Å². The van der Waals surface area contributed by atoms with E-state index in [0.717, 1.165) is 135 Å². The Hall–Kier alpha value is -3.93. The number of unbranched alkanes of at least 4 members (excludes halogenated alkanes) is 35. The van der Waals surface area contributed by atoms with E-state index in [2.05, 4.69) is 130 Å². The van der Waals surface area contributed by atoms with Crippen molar-refractivity contribution in [2.45, 2.75) is 348 Å². The molecule has 0 heterocycles. The maximum atomic E-state index is 12.9. The number of rotatable bonds is 64. The van der Waals surface area contributed by atoms with Crippen molar-refractivity contribution in [2.75, 3.05) is 13.2 Å². The minimum absolute atomic E-state index is 0.0818. The summed E-state index contributed by atoms with van der Waals surface area (Å²) in [5.41, 5.74) is 0. The first-order valence-electron chi connectivity index (χ1n) is 35.4. The zero-order valence-corrected chi connectivity index (χ0v) is 54.7. The highest BCUT2D eigenvalue weighted by atomic mass is 16.6. The maximum Gasteiger partial charge on any atom is 0.306 e. The summed E-state index contributed by atoms with van der Waals surface area (Å²) in [6, 6.07) is 0. The molecular weight excluding hydrogens is 1020 g/mol. The lowest BCUT2D eigenvalue weighted by molar-refractivity contribution is -0.167. The molecule has 0 aliphatic carbocycles. The highest BCUT2D eigenvalue weighted by molar-refractivity contribution is 5.71. The average Bonchev–Trinajstić information content (AvgIpc) is 3.49. The van der Waals surface area contributed by atoms with Gasteiger partial charge in [-0.2, -0.15) is 0 Å². The summed E-state index contributed by atoms with van der Waals surface area (Å²) in [5, 5.41) is 0. The molecule has 6 nitrogen and oxygen atoms in total. The van der Waals surface area contributed by atoms with E-state index in [1.807, 2.05) is 0 Å². The Kier molecular flexibility index (Phi) is 67.2. The van der Waals surface area contributed by atoms with Crippen molar-refractivity contribution < 1.29 is 28.6 Å². The minimum atomic E-state index is -0.783. The Balaban J connectivity index is 4.10. The summed E-state index contributed by atoms with van der Waals surface area (Å²) in [6.07, 6.45) is 97.3. The van der Waals surface area contributed by atoms with E-state index in [0.29, 0.717) is 19.3 Å². The normalized spacial score (nSPS) is 12.8. The van der Waals surface area contributed by atoms with E-state index in [4.69, 9.17) is 14.2 Å². The smallest absolute Gasteiger partial charge is 0.306 e. The third-order valence-electron chi connectivity index (χ3n) is 15.3. The molecule has 0 aromatic heterocycles. The van der Waals surface area contributed by atoms with Crippen molar-refractivity contribution in [3.05, 3.63) is 109 Å². The standard InChI is InChI=1S/C77H132O6/c1-4-7-10-13-16-18-20-22-24-26-28-30-32-34-36-37-38-39-40-41-42-44-45-47-49-51-53-55-57-59-61-64-67-70-76(79)82-73-74(72-81-75(78)69-66-63-15-12-9-6-3)83-77(80)71-68-65-62-60-58-56-54-52-50-48-46-43-35-33-31-29-27-25-23-21-19-17-14-11-8-5-2/h7,10,16,18,22,24,28,30,34,36,38-39,41-42,45,47,51,53,74H,4-6,8-9,11-15,17,19-21,23,25-27,29,31-33,35,37,40,43-44,46,48-50,52,54-73H2,1-3H3/b10-7-,18-16-,24-22-,30-28-,36-34-,39-38-,42-41-,47-45-,53-51-. The fraction of sp³-hybridized carbons (Fsp3) is 0.727. The second-order valence-corrected chi connectivity index (χ2v) is 23.4. The lowest BCUT2D eigenvalue weighted by Gasteiger charge is -2.18. The molecule has 1 atom stereocenters.